The molecule has 0 unspecified atom stereocenters. The van der Waals surface area contributed by atoms with Crippen LogP contribution in [0.4, 0.5) is 0 Å². The van der Waals surface area contributed by atoms with E-state index in [0.29, 0.717) is 32.7 Å². The van der Waals surface area contributed by atoms with E-state index < -0.39 is 0 Å². The molecule has 1 amide bonds. The third-order valence-corrected chi connectivity index (χ3v) is 5.01. The molecule has 1 heterocycles. The molecule has 0 radical (unpaired) electrons. The van der Waals surface area contributed by atoms with E-state index in [9.17, 15) is 4.79 Å². The summed E-state index contributed by atoms with van der Waals surface area (Å²) in [6.07, 6.45) is 4.07. The van der Waals surface area contributed by atoms with Crippen LogP contribution in [0.15, 0.2) is 78.0 Å². The van der Waals surface area contributed by atoms with E-state index in [1.165, 1.54) is 0 Å². The fourth-order valence-electron chi connectivity index (χ4n) is 3.36. The lowest BCUT2D eigenvalue weighted by Gasteiger charge is -2.26. The van der Waals surface area contributed by atoms with Crippen LogP contribution in [0, 0.1) is 0 Å². The van der Waals surface area contributed by atoms with Crippen LogP contribution < -0.4 is 0 Å². The first-order chi connectivity index (χ1) is 14.1. The van der Waals surface area contributed by atoms with Gasteiger partial charge in [-0.1, -0.05) is 61.2 Å². The minimum absolute atomic E-state index is 0.168. The van der Waals surface area contributed by atoms with Crippen molar-refractivity contribution in [2.24, 2.45) is 4.99 Å². The van der Waals surface area contributed by atoms with E-state index in [1.807, 2.05) is 37.0 Å². The summed E-state index contributed by atoms with van der Waals surface area (Å²) in [6.45, 7) is 10.3. The molecule has 1 fully saturated rings. The van der Waals surface area contributed by atoms with Gasteiger partial charge in [0.15, 0.2) is 0 Å². The molecule has 0 aliphatic carbocycles. The molecule has 3 rings (SSSR count). The van der Waals surface area contributed by atoms with E-state index in [2.05, 4.69) is 48.0 Å². The van der Waals surface area contributed by atoms with Crippen LogP contribution in [0.3, 0.4) is 0 Å². The average Bonchev–Trinajstić information content (AvgIpc) is 2.75. The van der Waals surface area contributed by atoms with Gasteiger partial charge < -0.3 is 9.64 Å². The molecular formula is C25H28N2O2. The van der Waals surface area contributed by atoms with Crippen LogP contribution in [-0.4, -0.2) is 42.8 Å². The van der Waals surface area contributed by atoms with Crippen molar-refractivity contribution in [1.29, 1.82) is 0 Å². The van der Waals surface area contributed by atoms with Gasteiger partial charge in [0, 0.05) is 24.5 Å². The second kappa shape index (κ2) is 9.99. The fourth-order valence-corrected chi connectivity index (χ4v) is 3.36. The number of morpholine rings is 1. The molecule has 0 N–H and O–H groups in total. The van der Waals surface area contributed by atoms with Gasteiger partial charge in [-0.3, -0.25) is 9.79 Å². The van der Waals surface area contributed by atoms with E-state index in [0.717, 1.165) is 33.7 Å². The lowest BCUT2D eigenvalue weighted by molar-refractivity contribution is -0.134. The zero-order valence-electron chi connectivity index (χ0n) is 17.2. The highest BCUT2D eigenvalue weighted by molar-refractivity contribution is 5.99. The fraction of sp³-hybridized carbons (Fsp3) is 0.280. The van der Waals surface area contributed by atoms with Gasteiger partial charge in [-0.05, 0) is 42.2 Å². The molecule has 4 nitrogen and oxygen atoms in total. The van der Waals surface area contributed by atoms with Gasteiger partial charge in [-0.2, -0.15) is 0 Å². The number of hydrogen-bond donors (Lipinski definition) is 0. The van der Waals surface area contributed by atoms with E-state index in [1.54, 1.807) is 6.08 Å². The topological polar surface area (TPSA) is 41.9 Å². The molecule has 0 atom stereocenters. The summed E-state index contributed by atoms with van der Waals surface area (Å²) < 4.78 is 5.31. The number of nitrogens with zero attached hydrogens (tertiary/aromatic N) is 2. The number of allylic oxidation sites excluding steroid dienone is 3. The molecule has 150 valence electrons. The summed E-state index contributed by atoms with van der Waals surface area (Å²) in [7, 11) is 0. The third-order valence-electron chi connectivity index (χ3n) is 5.01. The van der Waals surface area contributed by atoms with Gasteiger partial charge in [0.25, 0.3) is 0 Å². The Kier molecular flexibility index (Phi) is 7.14. The van der Waals surface area contributed by atoms with Crippen molar-refractivity contribution in [2.45, 2.75) is 20.3 Å². The SMILES string of the molecule is C=C/C=C(\C)N=C(C)c1ccc(-c2ccc(CC(=O)N3CCOCC3)cc2)cc1. The predicted octanol–water partition coefficient (Wildman–Crippen LogP) is 4.65. The second-order valence-electron chi connectivity index (χ2n) is 7.19. The molecule has 2 aromatic rings. The Balaban J connectivity index is 1.66. The molecule has 0 spiro atoms. The highest BCUT2D eigenvalue weighted by atomic mass is 16.5. The molecule has 4 heteroatoms. The highest BCUT2D eigenvalue weighted by Gasteiger charge is 2.16. The molecule has 1 saturated heterocycles. The van der Waals surface area contributed by atoms with Crippen LogP contribution >= 0.6 is 0 Å². The summed E-state index contributed by atoms with van der Waals surface area (Å²) in [5.41, 5.74) is 6.32. The number of hydrogen-bond acceptors (Lipinski definition) is 3. The third kappa shape index (κ3) is 5.75. The highest BCUT2D eigenvalue weighted by Crippen LogP contribution is 2.21. The van der Waals surface area contributed by atoms with Gasteiger partial charge in [-0.25, -0.2) is 0 Å². The van der Waals surface area contributed by atoms with Gasteiger partial charge in [-0.15, -0.1) is 0 Å². The maximum Gasteiger partial charge on any atom is 0.227 e. The number of rotatable bonds is 6. The Hall–Kier alpha value is -2.98. The van der Waals surface area contributed by atoms with Crippen molar-refractivity contribution in [1.82, 2.24) is 4.90 Å². The number of ether oxygens (including phenoxy) is 1. The van der Waals surface area contributed by atoms with E-state index in [-0.39, 0.29) is 5.91 Å². The number of amides is 1. The summed E-state index contributed by atoms with van der Waals surface area (Å²) in [5, 5.41) is 0. The van der Waals surface area contributed by atoms with Crippen LogP contribution in [0.2, 0.25) is 0 Å². The lowest BCUT2D eigenvalue weighted by Crippen LogP contribution is -2.41. The van der Waals surface area contributed by atoms with Gasteiger partial charge in [0.2, 0.25) is 5.91 Å². The summed E-state index contributed by atoms with van der Waals surface area (Å²) in [6, 6.07) is 16.6. The van der Waals surface area contributed by atoms with Crippen molar-refractivity contribution in [2.75, 3.05) is 26.3 Å². The standard InChI is InChI=1S/C25H28N2O2/c1-4-5-19(2)26-20(3)22-10-12-24(13-11-22)23-8-6-21(7-9-23)18-25(28)27-14-16-29-17-15-27/h4-13H,1,14-18H2,2-3H3/b19-5+,26-20?. The van der Waals surface area contributed by atoms with Gasteiger partial charge in [0.1, 0.15) is 0 Å². The average molecular weight is 389 g/mol. The van der Waals surface area contributed by atoms with E-state index >= 15 is 0 Å². The first kappa shape index (κ1) is 20.7. The first-order valence-corrected chi connectivity index (χ1v) is 9.96. The van der Waals surface area contributed by atoms with Crippen LogP contribution in [-0.2, 0) is 16.0 Å². The first-order valence-electron chi connectivity index (χ1n) is 9.96. The number of carbonyl (C=O) groups excluding carboxylic acids is 1. The Morgan fingerprint density at radius 1 is 1.03 bits per heavy atom. The van der Waals surface area contributed by atoms with Crippen LogP contribution in [0.1, 0.15) is 25.0 Å². The van der Waals surface area contributed by atoms with Gasteiger partial charge in [0.05, 0.1) is 19.6 Å². The normalized spacial score (nSPS) is 15.3. The molecular weight excluding hydrogens is 360 g/mol. The van der Waals surface area contributed by atoms with Crippen LogP contribution in [0.5, 0.6) is 0 Å². The molecule has 0 aromatic heterocycles. The largest absolute Gasteiger partial charge is 0.378 e. The van der Waals surface area contributed by atoms with Crippen LogP contribution in [0.25, 0.3) is 11.1 Å². The summed E-state index contributed by atoms with van der Waals surface area (Å²) in [4.78, 5) is 18.9. The molecule has 0 bridgehead atoms. The molecule has 0 saturated carbocycles. The molecule has 1 aliphatic heterocycles. The monoisotopic (exact) mass is 388 g/mol. The summed E-state index contributed by atoms with van der Waals surface area (Å²) in [5.74, 6) is 0.168. The number of benzene rings is 2. The maximum atomic E-state index is 12.4. The Bertz CT molecular complexity index is 903. The summed E-state index contributed by atoms with van der Waals surface area (Å²) >= 11 is 0. The van der Waals surface area contributed by atoms with Crippen molar-refractivity contribution in [3.05, 3.63) is 84.1 Å². The minimum Gasteiger partial charge on any atom is -0.378 e. The lowest BCUT2D eigenvalue weighted by atomic mass is 10.0. The Morgan fingerprint density at radius 3 is 2.21 bits per heavy atom. The number of carbonyl (C=O) groups is 1. The molecule has 29 heavy (non-hydrogen) atoms. The predicted molar refractivity (Wildman–Crippen MR) is 119 cm³/mol. The van der Waals surface area contributed by atoms with Crippen molar-refractivity contribution < 1.29 is 9.53 Å². The Morgan fingerprint density at radius 2 is 1.62 bits per heavy atom. The van der Waals surface area contributed by atoms with Crippen molar-refractivity contribution >= 4 is 11.6 Å². The minimum atomic E-state index is 0.168. The molecule has 2 aromatic carbocycles. The smallest absolute Gasteiger partial charge is 0.227 e. The Labute approximate surface area is 173 Å². The van der Waals surface area contributed by atoms with E-state index in [4.69, 9.17) is 4.74 Å². The van der Waals surface area contributed by atoms with Gasteiger partial charge >= 0.3 is 0 Å². The van der Waals surface area contributed by atoms with Crippen molar-refractivity contribution in [3.63, 3.8) is 0 Å². The zero-order valence-corrected chi connectivity index (χ0v) is 17.2. The second-order valence-corrected chi connectivity index (χ2v) is 7.19. The van der Waals surface area contributed by atoms with Crippen molar-refractivity contribution in [3.8, 4) is 11.1 Å². The quantitative estimate of drug-likeness (QED) is 0.534. The molecule has 1 aliphatic rings. The zero-order chi connectivity index (χ0) is 20.6. The number of aliphatic imine (C=N–C) groups is 1. The maximum absolute atomic E-state index is 12.4.